The molecule has 0 aliphatic carbocycles. The molecule has 0 saturated carbocycles. The number of rotatable bonds is 3. The molecule has 3 aliphatic rings. The first-order chi connectivity index (χ1) is 13.4. The summed E-state index contributed by atoms with van der Waals surface area (Å²) >= 11 is 0. The van der Waals surface area contributed by atoms with E-state index in [-0.39, 0.29) is 17.9 Å². The van der Waals surface area contributed by atoms with Crippen molar-refractivity contribution in [1.82, 2.24) is 5.16 Å². The van der Waals surface area contributed by atoms with Crippen LogP contribution in [0.5, 0.6) is 0 Å². The van der Waals surface area contributed by atoms with Crippen molar-refractivity contribution in [3.8, 4) is 0 Å². The lowest BCUT2D eigenvalue weighted by molar-refractivity contribution is -0.128. The second-order valence-corrected chi connectivity index (χ2v) is 7.99. The number of ether oxygens (including phenoxy) is 1. The Morgan fingerprint density at radius 3 is 2.64 bits per heavy atom. The summed E-state index contributed by atoms with van der Waals surface area (Å²) in [6, 6.07) is 7.61. The fraction of sp³-hybridized carbons (Fsp3) is 0.381. The predicted molar refractivity (Wildman–Crippen MR) is 102 cm³/mol. The Bertz CT molecular complexity index is 1010. The van der Waals surface area contributed by atoms with Crippen LogP contribution in [0.25, 0.3) is 0 Å². The maximum absolute atomic E-state index is 13.2. The lowest BCUT2D eigenvalue weighted by atomic mass is 9.76. The van der Waals surface area contributed by atoms with Crippen molar-refractivity contribution >= 4 is 23.3 Å². The van der Waals surface area contributed by atoms with E-state index in [9.17, 15) is 9.59 Å². The molecular weight excluding hydrogens is 358 g/mol. The second kappa shape index (κ2) is 5.78. The summed E-state index contributed by atoms with van der Waals surface area (Å²) in [7, 11) is 0. The number of hydrogen-bond donors (Lipinski definition) is 1. The Labute approximate surface area is 162 Å². The van der Waals surface area contributed by atoms with Gasteiger partial charge in [-0.1, -0.05) is 23.4 Å². The monoisotopic (exact) mass is 379 g/mol. The van der Waals surface area contributed by atoms with Crippen molar-refractivity contribution in [2.24, 2.45) is 11.8 Å². The van der Waals surface area contributed by atoms with Crippen LogP contribution in [-0.2, 0) is 14.3 Å². The highest BCUT2D eigenvalue weighted by Gasteiger charge is 2.67. The third-order valence-corrected chi connectivity index (χ3v) is 5.78. The van der Waals surface area contributed by atoms with Gasteiger partial charge in [-0.15, -0.1) is 0 Å². The molecule has 2 saturated heterocycles. The largest absolute Gasteiger partial charge is 0.360 e. The zero-order chi connectivity index (χ0) is 19.6. The van der Waals surface area contributed by atoms with Crippen LogP contribution in [0.3, 0.4) is 0 Å². The standard InChI is InChI=1S/C21H21N3O4/c1-11-6-12(2)8-14(7-11)22-19(25)17-15-4-5-21(27-15)10-24(20(26)18(17)21)16-9-13(3)28-23-16/h4-9,15,17-18H,10H2,1-3H3,(H,22,25)/t15-,17?,18?,21?/m1/s1. The van der Waals surface area contributed by atoms with Gasteiger partial charge in [0.25, 0.3) is 0 Å². The summed E-state index contributed by atoms with van der Waals surface area (Å²) < 4.78 is 11.3. The number of nitrogens with zero attached hydrogens (tertiary/aromatic N) is 2. The van der Waals surface area contributed by atoms with E-state index in [0.717, 1.165) is 16.8 Å². The number of hydrogen-bond acceptors (Lipinski definition) is 5. The van der Waals surface area contributed by atoms with E-state index in [1.807, 2.05) is 44.2 Å². The van der Waals surface area contributed by atoms with Crippen LogP contribution >= 0.6 is 0 Å². The van der Waals surface area contributed by atoms with Crippen LogP contribution in [0, 0.1) is 32.6 Å². The van der Waals surface area contributed by atoms with Gasteiger partial charge in [-0.25, -0.2) is 0 Å². The van der Waals surface area contributed by atoms with Crippen molar-refractivity contribution in [3.05, 3.63) is 53.3 Å². The molecular formula is C21H21N3O4. The first-order valence-electron chi connectivity index (χ1n) is 9.37. The lowest BCUT2D eigenvalue weighted by Crippen LogP contribution is -2.41. The molecule has 2 fully saturated rings. The number of carbonyl (C=O) groups excluding carboxylic acids is 2. The number of carbonyl (C=O) groups is 2. The molecule has 7 heteroatoms. The fourth-order valence-corrected chi connectivity index (χ4v) is 4.74. The van der Waals surface area contributed by atoms with Crippen LogP contribution in [0.2, 0.25) is 0 Å². The number of nitrogens with one attached hydrogen (secondary N) is 1. The molecule has 4 heterocycles. The van der Waals surface area contributed by atoms with Gasteiger partial charge in [0.15, 0.2) is 5.82 Å². The summed E-state index contributed by atoms with van der Waals surface area (Å²) in [5.41, 5.74) is 2.09. The minimum absolute atomic E-state index is 0.152. The van der Waals surface area contributed by atoms with Gasteiger partial charge in [0.1, 0.15) is 11.4 Å². The Morgan fingerprint density at radius 2 is 1.96 bits per heavy atom. The zero-order valence-electron chi connectivity index (χ0n) is 15.9. The van der Waals surface area contributed by atoms with Crippen LogP contribution < -0.4 is 10.2 Å². The van der Waals surface area contributed by atoms with Crippen LogP contribution in [-0.4, -0.2) is 35.2 Å². The van der Waals surface area contributed by atoms with E-state index in [4.69, 9.17) is 9.26 Å². The average Bonchev–Trinajstić information content (AvgIpc) is 3.35. The summed E-state index contributed by atoms with van der Waals surface area (Å²) in [4.78, 5) is 27.9. The molecule has 1 spiro atoms. The van der Waals surface area contributed by atoms with Gasteiger partial charge in [-0.2, -0.15) is 0 Å². The van der Waals surface area contributed by atoms with Crippen LogP contribution in [0.4, 0.5) is 11.5 Å². The topological polar surface area (TPSA) is 84.7 Å². The lowest BCUT2D eigenvalue weighted by Gasteiger charge is -2.23. The van der Waals surface area contributed by atoms with Gasteiger partial charge >= 0.3 is 0 Å². The summed E-state index contributed by atoms with van der Waals surface area (Å²) in [5, 5.41) is 6.94. The quantitative estimate of drug-likeness (QED) is 0.829. The van der Waals surface area contributed by atoms with E-state index < -0.39 is 17.4 Å². The molecule has 2 bridgehead atoms. The third kappa shape index (κ3) is 2.43. The molecule has 2 amide bonds. The number of amides is 2. The Hall–Kier alpha value is -2.93. The van der Waals surface area contributed by atoms with Crippen molar-refractivity contribution < 1.29 is 18.8 Å². The molecule has 5 rings (SSSR count). The molecule has 3 unspecified atom stereocenters. The molecule has 1 N–H and O–H groups in total. The van der Waals surface area contributed by atoms with E-state index in [1.54, 1.807) is 17.9 Å². The Balaban J connectivity index is 1.44. The summed E-state index contributed by atoms with van der Waals surface area (Å²) in [6.45, 7) is 6.08. The zero-order valence-corrected chi connectivity index (χ0v) is 15.9. The summed E-state index contributed by atoms with van der Waals surface area (Å²) in [6.07, 6.45) is 3.43. The molecule has 7 nitrogen and oxygen atoms in total. The molecule has 144 valence electrons. The van der Waals surface area contributed by atoms with Crippen molar-refractivity contribution in [2.45, 2.75) is 32.5 Å². The van der Waals surface area contributed by atoms with E-state index in [1.165, 1.54) is 0 Å². The van der Waals surface area contributed by atoms with Crippen LogP contribution in [0.15, 0.2) is 40.9 Å². The van der Waals surface area contributed by atoms with Crippen molar-refractivity contribution in [3.63, 3.8) is 0 Å². The molecule has 2 aromatic rings. The third-order valence-electron chi connectivity index (χ3n) is 5.78. The molecule has 4 atom stereocenters. The number of fused-ring (bicyclic) bond motifs is 1. The fourth-order valence-electron chi connectivity index (χ4n) is 4.74. The number of benzene rings is 1. The van der Waals surface area contributed by atoms with Gasteiger partial charge in [0.05, 0.1) is 24.5 Å². The Kier molecular flexibility index (Phi) is 3.55. The minimum atomic E-state index is -0.779. The highest BCUT2D eigenvalue weighted by molar-refractivity contribution is 6.05. The number of anilines is 2. The minimum Gasteiger partial charge on any atom is -0.360 e. The van der Waals surface area contributed by atoms with Gasteiger partial charge in [0, 0.05) is 11.8 Å². The maximum Gasteiger partial charge on any atom is 0.235 e. The first kappa shape index (κ1) is 17.2. The maximum atomic E-state index is 13.2. The average molecular weight is 379 g/mol. The molecule has 0 radical (unpaired) electrons. The van der Waals surface area contributed by atoms with Gasteiger partial charge in [-0.05, 0) is 44.0 Å². The highest BCUT2D eigenvalue weighted by atomic mass is 16.5. The highest BCUT2D eigenvalue weighted by Crippen LogP contribution is 2.52. The SMILES string of the molecule is Cc1cc(C)cc(NC(=O)C2C3C(=O)N(c4cc(C)on4)CC34C=C[C@H]2O4)c1. The van der Waals surface area contributed by atoms with Gasteiger partial charge in [0.2, 0.25) is 11.8 Å². The van der Waals surface area contributed by atoms with E-state index in [2.05, 4.69) is 10.5 Å². The summed E-state index contributed by atoms with van der Waals surface area (Å²) in [5.74, 6) is -0.400. The van der Waals surface area contributed by atoms with E-state index >= 15 is 0 Å². The number of aryl methyl sites for hydroxylation is 3. The second-order valence-electron chi connectivity index (χ2n) is 7.99. The molecule has 1 aromatic heterocycles. The molecule has 3 aliphatic heterocycles. The molecule has 1 aromatic carbocycles. The van der Waals surface area contributed by atoms with Crippen molar-refractivity contribution in [2.75, 3.05) is 16.8 Å². The smallest absolute Gasteiger partial charge is 0.235 e. The van der Waals surface area contributed by atoms with Crippen molar-refractivity contribution in [1.29, 1.82) is 0 Å². The first-order valence-corrected chi connectivity index (χ1v) is 9.37. The van der Waals surface area contributed by atoms with Crippen LogP contribution in [0.1, 0.15) is 16.9 Å². The van der Waals surface area contributed by atoms with Gasteiger partial charge in [-0.3, -0.25) is 14.5 Å². The molecule has 28 heavy (non-hydrogen) atoms. The predicted octanol–water partition coefficient (Wildman–Crippen LogP) is 2.52. The number of aromatic nitrogens is 1. The Morgan fingerprint density at radius 1 is 1.21 bits per heavy atom. The van der Waals surface area contributed by atoms with E-state index in [0.29, 0.717) is 18.1 Å². The normalized spacial score (nSPS) is 30.2. The van der Waals surface area contributed by atoms with Gasteiger partial charge < -0.3 is 14.6 Å².